The number of hydrogen-bond acceptors (Lipinski definition) is 4. The van der Waals surface area contributed by atoms with Crippen LogP contribution >= 0.6 is 0 Å². The van der Waals surface area contributed by atoms with E-state index in [1.165, 1.54) is 11.9 Å². The van der Waals surface area contributed by atoms with Crippen LogP contribution in [0.1, 0.15) is 37.6 Å². The first-order valence-corrected chi connectivity index (χ1v) is 6.28. The average Bonchev–Trinajstić information content (AvgIpc) is 2.79. The summed E-state index contributed by atoms with van der Waals surface area (Å²) in [5, 5.41) is 7.87. The van der Waals surface area contributed by atoms with Crippen molar-refractivity contribution in [3.63, 3.8) is 0 Å². The Morgan fingerprint density at radius 1 is 1.44 bits per heavy atom. The first-order valence-electron chi connectivity index (χ1n) is 6.28. The second-order valence-electron chi connectivity index (χ2n) is 4.34. The summed E-state index contributed by atoms with van der Waals surface area (Å²) in [5.74, 6) is 0.802. The largest absolute Gasteiger partial charge is 0.310 e. The molecule has 0 fully saturated rings. The summed E-state index contributed by atoms with van der Waals surface area (Å²) < 4.78 is 1.85. The van der Waals surface area contributed by atoms with E-state index >= 15 is 0 Å². The van der Waals surface area contributed by atoms with Gasteiger partial charge in [-0.2, -0.15) is 5.10 Å². The van der Waals surface area contributed by atoms with E-state index in [-0.39, 0.29) is 0 Å². The Bertz CT molecular complexity index is 491. The van der Waals surface area contributed by atoms with E-state index < -0.39 is 0 Å². The fourth-order valence-electron chi connectivity index (χ4n) is 1.96. The molecule has 1 unspecified atom stereocenters. The molecule has 2 rings (SSSR count). The molecule has 0 aliphatic carbocycles. The maximum absolute atomic E-state index is 4.40. The molecule has 96 valence electrons. The van der Waals surface area contributed by atoms with Crippen molar-refractivity contribution in [2.45, 2.75) is 33.2 Å². The van der Waals surface area contributed by atoms with Gasteiger partial charge in [0.25, 0.3) is 0 Å². The summed E-state index contributed by atoms with van der Waals surface area (Å²) in [6.45, 7) is 7.40. The van der Waals surface area contributed by atoms with Crippen LogP contribution in [0.5, 0.6) is 0 Å². The third-order valence-corrected chi connectivity index (χ3v) is 3.00. The Morgan fingerprint density at radius 2 is 2.28 bits per heavy atom. The molecule has 2 aromatic rings. The van der Waals surface area contributed by atoms with E-state index in [4.69, 9.17) is 0 Å². The van der Waals surface area contributed by atoms with E-state index in [0.29, 0.717) is 6.04 Å². The number of rotatable bonds is 5. The van der Waals surface area contributed by atoms with Crippen LogP contribution in [-0.2, 0) is 0 Å². The zero-order valence-corrected chi connectivity index (χ0v) is 11.1. The molecular formula is C13H19N5. The van der Waals surface area contributed by atoms with E-state index in [1.807, 2.05) is 16.9 Å². The first kappa shape index (κ1) is 12.7. The van der Waals surface area contributed by atoms with Gasteiger partial charge in [0.15, 0.2) is 5.82 Å². The predicted molar refractivity (Wildman–Crippen MR) is 70.6 cm³/mol. The third-order valence-electron chi connectivity index (χ3n) is 3.00. The van der Waals surface area contributed by atoms with E-state index in [9.17, 15) is 0 Å². The highest BCUT2D eigenvalue weighted by atomic mass is 15.3. The lowest BCUT2D eigenvalue weighted by Gasteiger charge is -2.12. The second-order valence-corrected chi connectivity index (χ2v) is 4.34. The topological polar surface area (TPSA) is 55.6 Å². The minimum Gasteiger partial charge on any atom is -0.310 e. The molecule has 0 bridgehead atoms. The molecule has 0 aromatic carbocycles. The van der Waals surface area contributed by atoms with Gasteiger partial charge in [-0.15, -0.1) is 0 Å². The minimum atomic E-state index is 0.306. The number of aromatic nitrogens is 4. The molecule has 5 nitrogen and oxygen atoms in total. The summed E-state index contributed by atoms with van der Waals surface area (Å²) in [7, 11) is 0. The number of nitrogens with zero attached hydrogens (tertiary/aromatic N) is 4. The first-order chi connectivity index (χ1) is 8.74. The zero-order chi connectivity index (χ0) is 13.0. The Balaban J connectivity index is 2.24. The van der Waals surface area contributed by atoms with Gasteiger partial charge in [-0.3, -0.25) is 0 Å². The summed E-state index contributed by atoms with van der Waals surface area (Å²) >= 11 is 0. The van der Waals surface area contributed by atoms with Crippen LogP contribution in [0.15, 0.2) is 24.8 Å². The highest BCUT2D eigenvalue weighted by molar-refractivity contribution is 5.28. The molecule has 18 heavy (non-hydrogen) atoms. The van der Waals surface area contributed by atoms with Gasteiger partial charge in [0.05, 0.1) is 6.20 Å². The molecule has 0 saturated carbocycles. The van der Waals surface area contributed by atoms with Crippen molar-refractivity contribution in [2.75, 3.05) is 6.54 Å². The van der Waals surface area contributed by atoms with Crippen molar-refractivity contribution >= 4 is 0 Å². The van der Waals surface area contributed by atoms with Crippen LogP contribution in [0, 0.1) is 6.92 Å². The maximum Gasteiger partial charge on any atom is 0.156 e. The number of hydrogen-bond donors (Lipinski definition) is 1. The Kier molecular flexibility index (Phi) is 4.04. The van der Waals surface area contributed by atoms with Gasteiger partial charge < -0.3 is 5.32 Å². The summed E-state index contributed by atoms with van der Waals surface area (Å²) in [5.41, 5.74) is 2.33. The van der Waals surface area contributed by atoms with E-state index in [2.05, 4.69) is 41.2 Å². The molecule has 2 heterocycles. The van der Waals surface area contributed by atoms with Gasteiger partial charge >= 0.3 is 0 Å². The second kappa shape index (κ2) is 5.73. The monoisotopic (exact) mass is 245 g/mol. The molecule has 0 saturated heterocycles. The standard InChI is InChI=1S/C13H19N5/c1-4-6-15-10(2)12-8-17-18(11(12)3)13-5-7-14-9-16-13/h5,7-10,15H,4,6H2,1-3H3. The summed E-state index contributed by atoms with van der Waals surface area (Å²) in [6.07, 6.45) is 6.30. The van der Waals surface area contributed by atoms with Crippen LogP contribution in [0.3, 0.4) is 0 Å². The Labute approximate surface area is 107 Å². The molecule has 0 aliphatic heterocycles. The number of nitrogens with one attached hydrogen (secondary N) is 1. The lowest BCUT2D eigenvalue weighted by molar-refractivity contribution is 0.568. The van der Waals surface area contributed by atoms with Crippen molar-refractivity contribution in [3.05, 3.63) is 36.0 Å². The molecule has 1 atom stereocenters. The van der Waals surface area contributed by atoms with Crippen LogP contribution in [-0.4, -0.2) is 26.3 Å². The molecular weight excluding hydrogens is 226 g/mol. The SMILES string of the molecule is CCCNC(C)c1cnn(-c2ccncn2)c1C. The molecule has 5 heteroatoms. The average molecular weight is 245 g/mol. The normalized spacial score (nSPS) is 12.6. The van der Waals surface area contributed by atoms with Crippen molar-refractivity contribution in [1.82, 2.24) is 25.1 Å². The third kappa shape index (κ3) is 2.56. The van der Waals surface area contributed by atoms with Gasteiger partial charge in [0, 0.05) is 29.6 Å². The Hall–Kier alpha value is -1.75. The molecule has 0 aliphatic rings. The fraction of sp³-hybridized carbons (Fsp3) is 0.462. The maximum atomic E-state index is 4.40. The van der Waals surface area contributed by atoms with Crippen LogP contribution in [0.25, 0.3) is 5.82 Å². The quantitative estimate of drug-likeness (QED) is 0.875. The van der Waals surface area contributed by atoms with Crippen molar-refractivity contribution in [1.29, 1.82) is 0 Å². The van der Waals surface area contributed by atoms with Gasteiger partial charge in [0.2, 0.25) is 0 Å². The van der Waals surface area contributed by atoms with Crippen LogP contribution in [0.4, 0.5) is 0 Å². The molecule has 0 radical (unpaired) electrons. The van der Waals surface area contributed by atoms with E-state index in [0.717, 1.165) is 24.5 Å². The molecule has 2 aromatic heterocycles. The van der Waals surface area contributed by atoms with Crippen molar-refractivity contribution in [2.24, 2.45) is 0 Å². The van der Waals surface area contributed by atoms with Gasteiger partial charge in [0.1, 0.15) is 6.33 Å². The van der Waals surface area contributed by atoms with Crippen LogP contribution in [0.2, 0.25) is 0 Å². The molecule has 0 spiro atoms. The summed E-state index contributed by atoms with van der Waals surface area (Å²) in [6, 6.07) is 2.16. The zero-order valence-electron chi connectivity index (χ0n) is 11.1. The summed E-state index contributed by atoms with van der Waals surface area (Å²) in [4.78, 5) is 8.13. The smallest absolute Gasteiger partial charge is 0.156 e. The fourth-order valence-corrected chi connectivity index (χ4v) is 1.96. The Morgan fingerprint density at radius 3 is 2.94 bits per heavy atom. The lowest BCUT2D eigenvalue weighted by Crippen LogP contribution is -2.19. The van der Waals surface area contributed by atoms with Gasteiger partial charge in [-0.1, -0.05) is 6.92 Å². The predicted octanol–water partition coefficient (Wildman–Crippen LogP) is 2.03. The minimum absolute atomic E-state index is 0.306. The van der Waals surface area contributed by atoms with Crippen molar-refractivity contribution in [3.8, 4) is 5.82 Å². The van der Waals surface area contributed by atoms with Crippen LogP contribution < -0.4 is 5.32 Å². The highest BCUT2D eigenvalue weighted by Gasteiger charge is 2.13. The van der Waals surface area contributed by atoms with Crippen molar-refractivity contribution < 1.29 is 0 Å². The molecule has 0 amide bonds. The lowest BCUT2D eigenvalue weighted by atomic mass is 10.1. The molecule has 1 N–H and O–H groups in total. The highest BCUT2D eigenvalue weighted by Crippen LogP contribution is 2.18. The van der Waals surface area contributed by atoms with Gasteiger partial charge in [-0.25, -0.2) is 14.6 Å². The van der Waals surface area contributed by atoms with Gasteiger partial charge in [-0.05, 0) is 26.8 Å². The van der Waals surface area contributed by atoms with E-state index in [1.54, 1.807) is 6.20 Å².